The Labute approximate surface area is 129 Å². The fourth-order valence-electron chi connectivity index (χ4n) is 2.18. The monoisotopic (exact) mass is 306 g/mol. The average molecular weight is 307 g/mol. The minimum atomic E-state index is -0.356. The first-order valence-corrected chi connectivity index (χ1v) is 7.13. The number of ether oxygens (including phenoxy) is 1. The molecule has 0 N–H and O–H groups in total. The van der Waals surface area contributed by atoms with Gasteiger partial charge >= 0.3 is 0 Å². The Morgan fingerprint density at radius 2 is 2.00 bits per heavy atom. The first kappa shape index (κ1) is 15.6. The van der Waals surface area contributed by atoms with Crippen molar-refractivity contribution in [1.29, 1.82) is 0 Å². The molecule has 0 aliphatic carbocycles. The van der Waals surface area contributed by atoms with Gasteiger partial charge in [0, 0.05) is 22.3 Å². The van der Waals surface area contributed by atoms with Gasteiger partial charge in [0.1, 0.15) is 18.2 Å². The summed E-state index contributed by atoms with van der Waals surface area (Å²) in [6, 6.07) is 8.69. The predicted molar refractivity (Wildman–Crippen MR) is 84.0 cm³/mol. The molecule has 0 spiro atoms. The van der Waals surface area contributed by atoms with E-state index >= 15 is 0 Å². The fourth-order valence-corrected chi connectivity index (χ4v) is 2.36. The topological polar surface area (TPSA) is 44.1 Å². The van der Waals surface area contributed by atoms with Crippen LogP contribution in [0.2, 0.25) is 5.02 Å². The van der Waals surface area contributed by atoms with Crippen LogP contribution in [0.5, 0.6) is 5.75 Å². The molecule has 21 heavy (non-hydrogen) atoms. The first-order chi connectivity index (χ1) is 9.77. The molecule has 0 aliphatic heterocycles. The highest BCUT2D eigenvalue weighted by Crippen LogP contribution is 2.19. The molecule has 0 unspecified atom stereocenters. The molecule has 0 aliphatic rings. The fraction of sp³-hybridized carbons (Fsp3) is 0.375. The molecule has 2 rings (SSSR count). The molecule has 2 aromatic rings. The third-order valence-electron chi connectivity index (χ3n) is 2.95. The largest absolute Gasteiger partial charge is 0.486 e. The van der Waals surface area contributed by atoms with Crippen molar-refractivity contribution in [3.8, 4) is 5.75 Å². The number of aryl methyl sites for hydroxylation is 1. The lowest BCUT2D eigenvalue weighted by Gasteiger charge is -2.25. The van der Waals surface area contributed by atoms with E-state index in [0.29, 0.717) is 22.3 Å². The molecular weight excluding hydrogens is 288 g/mol. The van der Waals surface area contributed by atoms with E-state index in [9.17, 15) is 4.79 Å². The Kier molecular flexibility index (Phi) is 4.37. The van der Waals surface area contributed by atoms with Gasteiger partial charge in [-0.15, -0.1) is 0 Å². The molecule has 1 heterocycles. The molecule has 0 amide bonds. The molecule has 0 radical (unpaired) electrons. The van der Waals surface area contributed by atoms with Crippen molar-refractivity contribution in [3.05, 3.63) is 57.2 Å². The highest BCUT2D eigenvalue weighted by atomic mass is 35.5. The number of aromatic nitrogens is 2. The van der Waals surface area contributed by atoms with Crippen LogP contribution in [-0.2, 0) is 12.1 Å². The normalized spacial score (nSPS) is 11.5. The molecule has 0 bridgehead atoms. The quantitative estimate of drug-likeness (QED) is 0.871. The van der Waals surface area contributed by atoms with Crippen LogP contribution in [0.1, 0.15) is 32.3 Å². The van der Waals surface area contributed by atoms with Crippen molar-refractivity contribution in [1.82, 2.24) is 9.55 Å². The lowest BCUT2D eigenvalue weighted by Crippen LogP contribution is -2.37. The van der Waals surface area contributed by atoms with Gasteiger partial charge in [-0.3, -0.25) is 9.36 Å². The van der Waals surface area contributed by atoms with E-state index in [-0.39, 0.29) is 17.7 Å². The lowest BCUT2D eigenvalue weighted by molar-refractivity contribution is 0.263. The zero-order valence-electron chi connectivity index (χ0n) is 12.7. The molecule has 0 saturated carbocycles. The Morgan fingerprint density at radius 1 is 1.29 bits per heavy atom. The van der Waals surface area contributed by atoms with Gasteiger partial charge in [-0.25, -0.2) is 4.98 Å². The molecule has 0 atom stereocenters. The van der Waals surface area contributed by atoms with E-state index in [4.69, 9.17) is 16.3 Å². The zero-order valence-corrected chi connectivity index (χ0v) is 13.4. The maximum Gasteiger partial charge on any atom is 0.254 e. The molecule has 4 nitrogen and oxygen atoms in total. The van der Waals surface area contributed by atoms with Crippen LogP contribution in [0.4, 0.5) is 0 Å². The first-order valence-electron chi connectivity index (χ1n) is 6.76. The third kappa shape index (κ3) is 3.85. The molecule has 1 aromatic carbocycles. The number of hydrogen-bond acceptors (Lipinski definition) is 3. The van der Waals surface area contributed by atoms with E-state index in [1.807, 2.05) is 32.9 Å². The predicted octanol–water partition coefficient (Wildman–Crippen LogP) is 3.54. The number of hydrogen-bond donors (Lipinski definition) is 0. The van der Waals surface area contributed by atoms with Crippen molar-refractivity contribution < 1.29 is 4.74 Å². The van der Waals surface area contributed by atoms with E-state index < -0.39 is 0 Å². The van der Waals surface area contributed by atoms with E-state index in [1.54, 1.807) is 23.6 Å². The average Bonchev–Trinajstić information content (AvgIpc) is 2.33. The third-order valence-corrected chi connectivity index (χ3v) is 3.19. The van der Waals surface area contributed by atoms with Gasteiger partial charge in [-0.1, -0.05) is 17.7 Å². The Balaban J connectivity index is 2.33. The second-order valence-electron chi connectivity index (χ2n) is 5.90. The van der Waals surface area contributed by atoms with Gasteiger partial charge in [0.25, 0.3) is 5.56 Å². The van der Waals surface area contributed by atoms with Crippen molar-refractivity contribution in [2.45, 2.75) is 39.8 Å². The summed E-state index contributed by atoms with van der Waals surface area (Å²) in [5.41, 5.74) is 0.259. The van der Waals surface area contributed by atoms with Crippen LogP contribution >= 0.6 is 11.6 Å². The van der Waals surface area contributed by atoms with E-state index in [1.165, 1.54) is 6.07 Å². The van der Waals surface area contributed by atoms with Gasteiger partial charge in [0.2, 0.25) is 0 Å². The second kappa shape index (κ2) is 5.90. The number of rotatable bonds is 3. The maximum absolute atomic E-state index is 12.2. The van der Waals surface area contributed by atoms with Gasteiger partial charge in [0.15, 0.2) is 0 Å². The van der Waals surface area contributed by atoms with Gasteiger partial charge in [0.05, 0.1) is 0 Å². The Hall–Kier alpha value is -1.81. The number of nitrogens with zero attached hydrogens (tertiary/aromatic N) is 2. The molecule has 5 heteroatoms. The van der Waals surface area contributed by atoms with Gasteiger partial charge in [-0.05, 0) is 45.9 Å². The smallest absolute Gasteiger partial charge is 0.254 e. The van der Waals surface area contributed by atoms with Crippen LogP contribution in [0.25, 0.3) is 0 Å². The summed E-state index contributed by atoms with van der Waals surface area (Å²) >= 11 is 5.93. The van der Waals surface area contributed by atoms with Crippen LogP contribution in [-0.4, -0.2) is 9.55 Å². The molecule has 0 saturated heterocycles. The number of benzene rings is 1. The molecule has 0 fully saturated rings. The maximum atomic E-state index is 12.2. The standard InChI is InChI=1S/C16H19ClN2O2/c1-11-8-15(20)19(16(2,3)4)14(18-11)10-21-13-7-5-6-12(17)9-13/h5-9H,10H2,1-4H3. The molecule has 112 valence electrons. The van der Waals surface area contributed by atoms with Crippen LogP contribution in [0, 0.1) is 6.92 Å². The summed E-state index contributed by atoms with van der Waals surface area (Å²) < 4.78 is 7.37. The zero-order chi connectivity index (χ0) is 15.6. The van der Waals surface area contributed by atoms with Crippen LogP contribution < -0.4 is 10.3 Å². The minimum absolute atomic E-state index is 0.0697. The van der Waals surface area contributed by atoms with Crippen LogP contribution in [0.3, 0.4) is 0 Å². The number of halogens is 1. The summed E-state index contributed by atoms with van der Waals surface area (Å²) in [4.78, 5) is 16.7. The van der Waals surface area contributed by atoms with Crippen molar-refractivity contribution in [2.75, 3.05) is 0 Å². The Bertz CT molecular complexity index is 702. The van der Waals surface area contributed by atoms with Crippen molar-refractivity contribution in [3.63, 3.8) is 0 Å². The second-order valence-corrected chi connectivity index (χ2v) is 6.34. The Morgan fingerprint density at radius 3 is 2.62 bits per heavy atom. The summed E-state index contributed by atoms with van der Waals surface area (Å²) in [5.74, 6) is 1.26. The van der Waals surface area contributed by atoms with Crippen molar-refractivity contribution >= 4 is 11.6 Å². The van der Waals surface area contributed by atoms with Gasteiger partial charge in [-0.2, -0.15) is 0 Å². The van der Waals surface area contributed by atoms with E-state index in [0.717, 1.165) is 0 Å². The lowest BCUT2D eigenvalue weighted by atomic mass is 10.1. The van der Waals surface area contributed by atoms with E-state index in [2.05, 4.69) is 4.98 Å². The molecule has 1 aromatic heterocycles. The molecular formula is C16H19ClN2O2. The summed E-state index contributed by atoms with van der Waals surface area (Å²) in [6.45, 7) is 7.92. The SMILES string of the molecule is Cc1cc(=O)n(C(C)(C)C)c(COc2cccc(Cl)c2)n1. The summed E-state index contributed by atoms with van der Waals surface area (Å²) in [5, 5.41) is 0.609. The summed E-state index contributed by atoms with van der Waals surface area (Å²) in [7, 11) is 0. The van der Waals surface area contributed by atoms with Crippen molar-refractivity contribution in [2.24, 2.45) is 0 Å². The highest BCUT2D eigenvalue weighted by Gasteiger charge is 2.20. The van der Waals surface area contributed by atoms with Crippen LogP contribution in [0.15, 0.2) is 35.1 Å². The highest BCUT2D eigenvalue weighted by molar-refractivity contribution is 6.30. The van der Waals surface area contributed by atoms with Gasteiger partial charge < -0.3 is 4.74 Å². The minimum Gasteiger partial charge on any atom is -0.486 e. The summed E-state index contributed by atoms with van der Waals surface area (Å²) in [6.07, 6.45) is 0.